The minimum atomic E-state index is 0.230. The summed E-state index contributed by atoms with van der Waals surface area (Å²) in [6.07, 6.45) is 7.37. The first-order valence-electron chi connectivity index (χ1n) is 10.4. The molecule has 29 heavy (non-hydrogen) atoms. The van der Waals surface area contributed by atoms with Crippen molar-refractivity contribution < 1.29 is 0 Å². The topological polar surface area (TPSA) is 25.8 Å². The highest BCUT2D eigenvalue weighted by molar-refractivity contribution is 5.22. The molecule has 2 aromatic heterocycles. The van der Waals surface area contributed by atoms with Crippen LogP contribution in [0.4, 0.5) is 0 Å². The van der Waals surface area contributed by atoms with E-state index in [1.807, 2.05) is 36.8 Å². The van der Waals surface area contributed by atoms with Crippen molar-refractivity contribution in [2.75, 3.05) is 0 Å². The van der Waals surface area contributed by atoms with Crippen LogP contribution in [0.25, 0.3) is 0 Å². The molecular formula is C27H38N2. The van der Waals surface area contributed by atoms with Crippen molar-refractivity contribution in [2.24, 2.45) is 0 Å². The van der Waals surface area contributed by atoms with E-state index in [1.54, 1.807) is 6.20 Å². The highest BCUT2D eigenvalue weighted by Gasteiger charge is 2.12. The lowest BCUT2D eigenvalue weighted by atomic mass is 9.87. The van der Waals surface area contributed by atoms with Crippen molar-refractivity contribution in [3.8, 4) is 0 Å². The number of nitrogens with zero attached hydrogens (tertiary/aromatic N) is 2. The van der Waals surface area contributed by atoms with Crippen molar-refractivity contribution in [2.45, 2.75) is 72.1 Å². The van der Waals surface area contributed by atoms with Gasteiger partial charge in [0.2, 0.25) is 0 Å². The van der Waals surface area contributed by atoms with Gasteiger partial charge in [0, 0.05) is 24.8 Å². The third-order valence-electron chi connectivity index (χ3n) is 4.54. The number of aromatic nitrogens is 2. The molecular weight excluding hydrogens is 352 g/mol. The van der Waals surface area contributed by atoms with Crippen LogP contribution in [0.3, 0.4) is 0 Å². The van der Waals surface area contributed by atoms with Crippen LogP contribution in [0.5, 0.6) is 0 Å². The second-order valence-corrected chi connectivity index (χ2v) is 9.54. The number of hydrogen-bond donors (Lipinski definition) is 0. The molecule has 0 atom stereocenters. The average molecular weight is 391 g/mol. The minimum absolute atomic E-state index is 0.230. The first kappa shape index (κ1) is 24.6. The molecule has 3 rings (SSSR count). The summed E-state index contributed by atoms with van der Waals surface area (Å²) >= 11 is 0. The highest BCUT2D eigenvalue weighted by atomic mass is 14.6. The summed E-state index contributed by atoms with van der Waals surface area (Å²) in [5.41, 5.74) is 4.56. The Morgan fingerprint density at radius 3 is 1.41 bits per heavy atom. The van der Waals surface area contributed by atoms with Gasteiger partial charge in [-0.3, -0.25) is 9.97 Å². The summed E-state index contributed by atoms with van der Waals surface area (Å²) in [7, 11) is 0. The quantitative estimate of drug-likeness (QED) is 0.428. The van der Waals surface area contributed by atoms with Crippen molar-refractivity contribution in [3.63, 3.8) is 0 Å². The molecule has 0 N–H and O–H groups in total. The standard InChI is InChI=1S/C10H14.C9H13N.C8H11N/c1-10(2,3)9-7-5-4-6-8-9;1-9(2,3)8-5-4-6-10-7-8;1-7(2)8-3-5-9-6-4-8/h4-8H,1-3H3;4-7H,1-3H3;3-7H,1-2H3. The summed E-state index contributed by atoms with van der Waals surface area (Å²) in [5, 5.41) is 0. The molecule has 156 valence electrons. The summed E-state index contributed by atoms with van der Waals surface area (Å²) < 4.78 is 0. The van der Waals surface area contributed by atoms with E-state index in [1.165, 1.54) is 16.7 Å². The molecule has 2 heterocycles. The lowest BCUT2D eigenvalue weighted by Crippen LogP contribution is -2.10. The van der Waals surface area contributed by atoms with Crippen LogP contribution in [0.1, 0.15) is 78.0 Å². The first-order valence-corrected chi connectivity index (χ1v) is 10.4. The van der Waals surface area contributed by atoms with E-state index in [0.717, 1.165) is 0 Å². The van der Waals surface area contributed by atoms with E-state index in [4.69, 9.17) is 0 Å². The molecule has 0 bridgehead atoms. The average Bonchev–Trinajstić information content (AvgIpc) is 2.70. The van der Waals surface area contributed by atoms with Crippen LogP contribution in [-0.2, 0) is 10.8 Å². The Hall–Kier alpha value is -2.48. The third-order valence-corrected chi connectivity index (χ3v) is 4.54. The summed E-state index contributed by atoms with van der Waals surface area (Å²) in [6.45, 7) is 17.6. The van der Waals surface area contributed by atoms with Crippen LogP contribution in [0.15, 0.2) is 79.4 Å². The summed E-state index contributed by atoms with van der Waals surface area (Å²) in [4.78, 5) is 7.98. The Balaban J connectivity index is 0.000000218. The van der Waals surface area contributed by atoms with Crippen molar-refractivity contribution in [1.29, 1.82) is 0 Å². The number of benzene rings is 1. The van der Waals surface area contributed by atoms with Gasteiger partial charge in [0.05, 0.1) is 0 Å². The SMILES string of the molecule is CC(C)(C)c1ccccc1.CC(C)(C)c1cccnc1.CC(C)c1ccncc1. The van der Waals surface area contributed by atoms with E-state index < -0.39 is 0 Å². The van der Waals surface area contributed by atoms with Crippen LogP contribution in [0.2, 0.25) is 0 Å². The van der Waals surface area contributed by atoms with Gasteiger partial charge >= 0.3 is 0 Å². The van der Waals surface area contributed by atoms with Crippen LogP contribution < -0.4 is 0 Å². The summed E-state index contributed by atoms with van der Waals surface area (Å²) in [6, 6.07) is 18.7. The molecule has 0 saturated carbocycles. The molecule has 0 radical (unpaired) electrons. The number of hydrogen-bond acceptors (Lipinski definition) is 2. The smallest absolute Gasteiger partial charge is 0.0305 e. The van der Waals surface area contributed by atoms with Gasteiger partial charge in [-0.1, -0.05) is 91.8 Å². The summed E-state index contributed by atoms with van der Waals surface area (Å²) in [5.74, 6) is 0.619. The zero-order chi connectivity index (χ0) is 21.9. The van der Waals surface area contributed by atoms with Gasteiger partial charge in [-0.25, -0.2) is 0 Å². The Morgan fingerprint density at radius 2 is 1.10 bits per heavy atom. The van der Waals surface area contributed by atoms with Gasteiger partial charge < -0.3 is 0 Å². The molecule has 2 heteroatoms. The maximum atomic E-state index is 4.05. The van der Waals surface area contributed by atoms with Gasteiger partial charge in [-0.05, 0) is 51.6 Å². The van der Waals surface area contributed by atoms with Crippen LogP contribution >= 0.6 is 0 Å². The number of rotatable bonds is 1. The van der Waals surface area contributed by atoms with E-state index >= 15 is 0 Å². The Morgan fingerprint density at radius 1 is 0.586 bits per heavy atom. The third kappa shape index (κ3) is 10.0. The molecule has 0 amide bonds. The molecule has 0 unspecified atom stereocenters. The predicted octanol–water partition coefficient (Wildman–Crippen LogP) is 7.57. The van der Waals surface area contributed by atoms with Gasteiger partial charge in [0.1, 0.15) is 0 Å². The normalized spacial score (nSPS) is 11.1. The van der Waals surface area contributed by atoms with Crippen LogP contribution in [0, 0.1) is 0 Å². The molecule has 0 aliphatic rings. The molecule has 1 aromatic carbocycles. The van der Waals surface area contributed by atoms with Crippen molar-refractivity contribution >= 4 is 0 Å². The van der Waals surface area contributed by atoms with Gasteiger partial charge in [0.15, 0.2) is 0 Å². The second-order valence-electron chi connectivity index (χ2n) is 9.54. The molecule has 0 aliphatic heterocycles. The monoisotopic (exact) mass is 390 g/mol. The van der Waals surface area contributed by atoms with Gasteiger partial charge in [-0.2, -0.15) is 0 Å². The Bertz CT molecular complexity index is 731. The predicted molar refractivity (Wildman–Crippen MR) is 126 cm³/mol. The molecule has 0 fully saturated rings. The van der Waals surface area contributed by atoms with E-state index in [0.29, 0.717) is 11.3 Å². The maximum absolute atomic E-state index is 4.05. The molecule has 0 spiro atoms. The fraction of sp³-hybridized carbons (Fsp3) is 0.407. The zero-order valence-electron chi connectivity index (χ0n) is 19.5. The highest BCUT2D eigenvalue weighted by Crippen LogP contribution is 2.21. The molecule has 0 aliphatic carbocycles. The van der Waals surface area contributed by atoms with Crippen LogP contribution in [-0.4, -0.2) is 9.97 Å². The lowest BCUT2D eigenvalue weighted by molar-refractivity contribution is 0.587. The second kappa shape index (κ2) is 11.5. The Labute approximate surface area is 178 Å². The van der Waals surface area contributed by atoms with Crippen molar-refractivity contribution in [3.05, 3.63) is 96.1 Å². The van der Waals surface area contributed by atoms with E-state index in [-0.39, 0.29) is 5.41 Å². The van der Waals surface area contributed by atoms with Gasteiger partial charge in [0.25, 0.3) is 0 Å². The first-order chi connectivity index (χ1) is 13.5. The van der Waals surface area contributed by atoms with E-state index in [2.05, 4.69) is 102 Å². The largest absolute Gasteiger partial charge is 0.265 e. The zero-order valence-corrected chi connectivity index (χ0v) is 19.5. The fourth-order valence-electron chi connectivity index (χ4n) is 2.49. The molecule has 0 saturated heterocycles. The van der Waals surface area contributed by atoms with Crippen molar-refractivity contribution in [1.82, 2.24) is 9.97 Å². The van der Waals surface area contributed by atoms with E-state index in [9.17, 15) is 0 Å². The minimum Gasteiger partial charge on any atom is -0.265 e. The van der Waals surface area contributed by atoms with Gasteiger partial charge in [-0.15, -0.1) is 0 Å². The maximum Gasteiger partial charge on any atom is 0.0305 e. The number of pyridine rings is 2. The lowest BCUT2D eigenvalue weighted by Gasteiger charge is -2.18. The fourth-order valence-corrected chi connectivity index (χ4v) is 2.49. The molecule has 3 aromatic rings. The molecule has 2 nitrogen and oxygen atoms in total. The Kier molecular flexibility index (Phi) is 9.74.